The van der Waals surface area contributed by atoms with Crippen molar-refractivity contribution in [1.82, 2.24) is 14.6 Å². The molecule has 2 aromatic heterocycles. The summed E-state index contributed by atoms with van der Waals surface area (Å²) in [7, 11) is 1.67. The van der Waals surface area contributed by atoms with Crippen LogP contribution >= 0.6 is 0 Å². The van der Waals surface area contributed by atoms with Crippen LogP contribution in [0.1, 0.15) is 34.1 Å². The van der Waals surface area contributed by atoms with Crippen LogP contribution in [0.4, 0.5) is 5.82 Å². The molecule has 0 radical (unpaired) electrons. The lowest BCUT2D eigenvalue weighted by Crippen LogP contribution is -2.56. The number of hydrogen-bond donors (Lipinski definition) is 1. The number of rotatable bonds is 18. The summed E-state index contributed by atoms with van der Waals surface area (Å²) in [5.41, 5.74) is 10.6. The highest BCUT2D eigenvalue weighted by Gasteiger charge is 2.48. The van der Waals surface area contributed by atoms with Crippen molar-refractivity contribution in [1.29, 1.82) is 0 Å². The van der Waals surface area contributed by atoms with Crippen LogP contribution in [0.25, 0.3) is 5.52 Å². The summed E-state index contributed by atoms with van der Waals surface area (Å²) >= 11 is 0. The van der Waals surface area contributed by atoms with Gasteiger partial charge in [-0.25, -0.2) is 9.50 Å². The van der Waals surface area contributed by atoms with Crippen molar-refractivity contribution in [3.8, 4) is 0 Å². The molecule has 2 N–H and O–H groups in total. The molecule has 9 heteroatoms. The fourth-order valence-corrected chi connectivity index (χ4v) is 5.82. The molecule has 0 aliphatic rings. The molecule has 2 heterocycles. The first-order valence-electron chi connectivity index (χ1n) is 16.3. The minimum absolute atomic E-state index is 0.151. The first kappa shape index (κ1) is 34.0. The first-order valence-corrected chi connectivity index (χ1v) is 16.3. The quantitative estimate of drug-likeness (QED) is 0.106. The van der Waals surface area contributed by atoms with E-state index in [1.807, 2.05) is 133 Å². The highest BCUT2D eigenvalue weighted by molar-refractivity contribution is 5.65. The zero-order chi connectivity index (χ0) is 33.7. The van der Waals surface area contributed by atoms with Crippen LogP contribution in [0.5, 0.6) is 0 Å². The number of nitrogens with two attached hydrogens (primary N) is 1. The Morgan fingerprint density at radius 1 is 0.612 bits per heavy atom. The third kappa shape index (κ3) is 8.77. The van der Waals surface area contributed by atoms with E-state index in [9.17, 15) is 0 Å². The largest absolute Gasteiger partial charge is 0.382 e. The number of ether oxygens (including phenoxy) is 5. The van der Waals surface area contributed by atoms with Crippen LogP contribution in [0.3, 0.4) is 0 Å². The third-order valence-corrected chi connectivity index (χ3v) is 8.46. The lowest BCUT2D eigenvalue weighted by molar-refractivity contribution is -0.230. The normalized spacial score (nSPS) is 13.0. The van der Waals surface area contributed by atoms with E-state index in [2.05, 4.69) is 10.1 Å². The summed E-state index contributed by atoms with van der Waals surface area (Å²) in [6, 6.07) is 44.0. The van der Waals surface area contributed by atoms with Gasteiger partial charge in [0.2, 0.25) is 0 Å². The van der Waals surface area contributed by atoms with Crippen molar-refractivity contribution < 1.29 is 23.7 Å². The standard InChI is InChI=1S/C40H42N4O5/c1-45-40(28-46-24-31-14-6-2-7-15-31,29-47-25-32-16-8-3-9-17-32)38(49-27-34-20-12-5-13-21-34)37(48-26-33-18-10-4-11-19-33)35-22-23-36-39(41)42-30-43-44(35)36/h2-23,30,37-38H,24-29H2,1H3,(H2,41,42,43)/t37-,38-/m0/s1. The number of benzene rings is 4. The number of methoxy groups -OCH3 is 1. The molecular formula is C40H42N4O5. The molecule has 49 heavy (non-hydrogen) atoms. The van der Waals surface area contributed by atoms with Crippen molar-refractivity contribution in [2.24, 2.45) is 0 Å². The number of nitrogen functional groups attached to an aromatic ring is 1. The van der Waals surface area contributed by atoms with Gasteiger partial charge in [-0.2, -0.15) is 5.10 Å². The van der Waals surface area contributed by atoms with E-state index in [1.165, 1.54) is 6.33 Å². The van der Waals surface area contributed by atoms with Crippen LogP contribution in [0.2, 0.25) is 0 Å². The third-order valence-electron chi connectivity index (χ3n) is 8.46. The van der Waals surface area contributed by atoms with Gasteiger partial charge in [-0.1, -0.05) is 121 Å². The van der Waals surface area contributed by atoms with Gasteiger partial charge in [-0.3, -0.25) is 0 Å². The molecule has 2 atom stereocenters. The summed E-state index contributed by atoms with van der Waals surface area (Å²) in [4.78, 5) is 4.21. The zero-order valence-electron chi connectivity index (χ0n) is 27.6. The number of hydrogen-bond acceptors (Lipinski definition) is 8. The lowest BCUT2D eigenvalue weighted by Gasteiger charge is -2.42. The monoisotopic (exact) mass is 658 g/mol. The van der Waals surface area contributed by atoms with Gasteiger partial charge in [-0.05, 0) is 34.4 Å². The Bertz CT molecular complexity index is 1790. The highest BCUT2D eigenvalue weighted by atomic mass is 16.6. The summed E-state index contributed by atoms with van der Waals surface area (Å²) in [5.74, 6) is 0.361. The molecule has 0 fully saturated rings. The van der Waals surface area contributed by atoms with Crippen molar-refractivity contribution in [2.45, 2.75) is 44.2 Å². The predicted octanol–water partition coefficient (Wildman–Crippen LogP) is 6.97. The average molecular weight is 659 g/mol. The Balaban J connectivity index is 1.41. The second-order valence-corrected chi connectivity index (χ2v) is 11.9. The van der Waals surface area contributed by atoms with Crippen molar-refractivity contribution in [2.75, 3.05) is 26.1 Å². The molecule has 0 aliphatic heterocycles. The van der Waals surface area contributed by atoms with Gasteiger partial charge in [0.05, 0.1) is 45.3 Å². The van der Waals surface area contributed by atoms with Gasteiger partial charge in [-0.15, -0.1) is 0 Å². The Morgan fingerprint density at radius 3 is 1.57 bits per heavy atom. The van der Waals surface area contributed by atoms with E-state index in [0.717, 1.165) is 27.9 Å². The van der Waals surface area contributed by atoms with Crippen LogP contribution in [0, 0.1) is 0 Å². The van der Waals surface area contributed by atoms with Crippen LogP contribution < -0.4 is 5.73 Å². The van der Waals surface area contributed by atoms with Crippen LogP contribution in [-0.2, 0) is 50.1 Å². The maximum absolute atomic E-state index is 6.95. The Morgan fingerprint density at radius 2 is 1.08 bits per heavy atom. The molecule has 6 rings (SSSR count). The summed E-state index contributed by atoms with van der Waals surface area (Å²) < 4.78 is 35.0. The minimum atomic E-state index is -1.14. The second-order valence-electron chi connectivity index (χ2n) is 11.9. The van der Waals surface area contributed by atoms with E-state index < -0.39 is 17.8 Å². The Labute approximate surface area is 287 Å². The molecule has 6 aromatic rings. The summed E-state index contributed by atoms with van der Waals surface area (Å²) in [6.45, 7) is 1.66. The van der Waals surface area contributed by atoms with Crippen LogP contribution in [0.15, 0.2) is 140 Å². The smallest absolute Gasteiger partial charge is 0.151 e. The van der Waals surface area contributed by atoms with Gasteiger partial charge in [0, 0.05) is 7.11 Å². The Kier molecular flexibility index (Phi) is 11.8. The zero-order valence-corrected chi connectivity index (χ0v) is 27.6. The van der Waals surface area contributed by atoms with Crippen molar-refractivity contribution >= 4 is 11.3 Å². The molecule has 0 unspecified atom stereocenters. The lowest BCUT2D eigenvalue weighted by atomic mass is 9.91. The minimum Gasteiger partial charge on any atom is -0.382 e. The van der Waals surface area contributed by atoms with Crippen LogP contribution in [-0.4, -0.2) is 46.6 Å². The van der Waals surface area contributed by atoms with Gasteiger partial charge in [0.15, 0.2) is 5.82 Å². The summed E-state index contributed by atoms with van der Waals surface area (Å²) in [6.07, 6.45) is -0.0151. The number of anilines is 1. The molecule has 0 saturated carbocycles. The number of aromatic nitrogens is 3. The molecule has 0 amide bonds. The predicted molar refractivity (Wildman–Crippen MR) is 188 cm³/mol. The number of nitrogens with zero attached hydrogens (tertiary/aromatic N) is 3. The van der Waals surface area contributed by atoms with Crippen molar-refractivity contribution in [3.63, 3.8) is 0 Å². The van der Waals surface area contributed by atoms with E-state index in [-0.39, 0.29) is 13.2 Å². The molecule has 9 nitrogen and oxygen atoms in total. The maximum atomic E-state index is 6.95. The van der Waals surface area contributed by atoms with Gasteiger partial charge >= 0.3 is 0 Å². The molecule has 0 bridgehead atoms. The number of fused-ring (bicyclic) bond motifs is 1. The second kappa shape index (κ2) is 17.0. The fourth-order valence-electron chi connectivity index (χ4n) is 5.82. The summed E-state index contributed by atoms with van der Waals surface area (Å²) in [5, 5.41) is 4.58. The van der Waals surface area contributed by atoms with Gasteiger partial charge in [0.25, 0.3) is 0 Å². The molecular weight excluding hydrogens is 616 g/mol. The molecule has 4 aromatic carbocycles. The van der Waals surface area contributed by atoms with E-state index in [4.69, 9.17) is 29.4 Å². The molecule has 0 aliphatic carbocycles. The Hall–Kier alpha value is -4.90. The fraction of sp³-hybridized carbons (Fsp3) is 0.250. The SMILES string of the molecule is COC(COCc1ccccc1)(COCc1ccccc1)[C@@H](OCc1ccccc1)[C@@H](OCc1ccccc1)c1ccc2c(N)ncnn12. The molecule has 252 valence electrons. The van der Waals surface area contributed by atoms with E-state index in [0.29, 0.717) is 37.8 Å². The average Bonchev–Trinajstić information content (AvgIpc) is 3.59. The highest BCUT2D eigenvalue weighted by Crippen LogP contribution is 2.36. The topological polar surface area (TPSA) is 102 Å². The van der Waals surface area contributed by atoms with E-state index in [1.54, 1.807) is 11.6 Å². The van der Waals surface area contributed by atoms with Gasteiger partial charge < -0.3 is 29.4 Å². The van der Waals surface area contributed by atoms with E-state index >= 15 is 0 Å². The first-order chi connectivity index (χ1) is 24.1. The van der Waals surface area contributed by atoms with Crippen molar-refractivity contribution in [3.05, 3.63) is 168 Å². The van der Waals surface area contributed by atoms with Gasteiger partial charge in [0.1, 0.15) is 29.7 Å². The molecule has 0 saturated heterocycles. The molecule has 0 spiro atoms. The maximum Gasteiger partial charge on any atom is 0.151 e.